The fraction of sp³-hybridized carbons (Fsp3) is 0.150. The molecule has 0 aliphatic heterocycles. The molecule has 0 bridgehead atoms. The molecule has 2 amide bonds. The lowest BCUT2D eigenvalue weighted by Gasteiger charge is -2.10. The van der Waals surface area contributed by atoms with Gasteiger partial charge in [0, 0.05) is 16.6 Å². The molecule has 3 aromatic rings. The number of benzene rings is 2. The van der Waals surface area contributed by atoms with E-state index in [1.54, 1.807) is 42.5 Å². The number of para-hydroxylation sites is 1. The number of rotatable bonds is 7. The van der Waals surface area contributed by atoms with Gasteiger partial charge in [0.15, 0.2) is 0 Å². The van der Waals surface area contributed by atoms with Gasteiger partial charge in [-0.05, 0) is 36.8 Å². The van der Waals surface area contributed by atoms with Gasteiger partial charge in [-0.3, -0.25) is 9.59 Å². The van der Waals surface area contributed by atoms with Gasteiger partial charge < -0.3 is 15.8 Å². The molecule has 1 heterocycles. The minimum absolute atomic E-state index is 0.178. The molecule has 0 unspecified atom stereocenters. The molecule has 138 valence electrons. The second-order valence-electron chi connectivity index (χ2n) is 5.91. The van der Waals surface area contributed by atoms with Crippen LogP contribution in [0.1, 0.15) is 37.0 Å². The van der Waals surface area contributed by atoms with Gasteiger partial charge in [0.1, 0.15) is 17.4 Å². The van der Waals surface area contributed by atoms with Crippen molar-refractivity contribution in [2.24, 2.45) is 5.73 Å². The smallest absolute Gasteiger partial charge is 0.252 e. The molecular formula is C20H19N3O3S. The number of primary amides is 1. The number of carbonyl (C=O) groups is 2. The second-order valence-corrected chi connectivity index (χ2v) is 6.86. The molecular weight excluding hydrogens is 362 g/mol. The van der Waals surface area contributed by atoms with Gasteiger partial charge in [0.05, 0.1) is 12.1 Å². The number of nitrogens with zero attached hydrogens (tertiary/aromatic N) is 1. The van der Waals surface area contributed by atoms with Crippen LogP contribution in [-0.2, 0) is 13.2 Å². The molecule has 0 radical (unpaired) electrons. The lowest BCUT2D eigenvalue weighted by atomic mass is 10.1. The quantitative estimate of drug-likeness (QED) is 0.658. The number of nitrogens with one attached hydrogen (secondary N) is 1. The number of hydrogen-bond donors (Lipinski definition) is 2. The molecule has 0 atom stereocenters. The number of aromatic nitrogens is 1. The van der Waals surface area contributed by atoms with Crippen LogP contribution in [0.3, 0.4) is 0 Å². The molecule has 0 spiro atoms. The molecule has 2 aromatic carbocycles. The van der Waals surface area contributed by atoms with Crippen LogP contribution in [0.4, 0.5) is 0 Å². The van der Waals surface area contributed by atoms with Crippen molar-refractivity contribution in [2.75, 3.05) is 0 Å². The molecule has 3 N–H and O–H groups in total. The van der Waals surface area contributed by atoms with Crippen LogP contribution in [0.2, 0.25) is 0 Å². The fourth-order valence-corrected chi connectivity index (χ4v) is 3.21. The Balaban J connectivity index is 1.63. The SMILES string of the molecule is Cc1csc(CNC(=O)c2cccc(COc3ccccc3C(N)=O)c2)n1. The van der Waals surface area contributed by atoms with E-state index >= 15 is 0 Å². The van der Waals surface area contributed by atoms with E-state index in [1.165, 1.54) is 11.3 Å². The number of nitrogens with two attached hydrogens (primary N) is 1. The van der Waals surface area contributed by atoms with Gasteiger partial charge >= 0.3 is 0 Å². The molecule has 0 fully saturated rings. The van der Waals surface area contributed by atoms with Gasteiger partial charge in [-0.15, -0.1) is 11.3 Å². The summed E-state index contributed by atoms with van der Waals surface area (Å²) in [7, 11) is 0. The second kappa shape index (κ2) is 8.46. The van der Waals surface area contributed by atoms with Crippen LogP contribution in [0.25, 0.3) is 0 Å². The minimum Gasteiger partial charge on any atom is -0.488 e. The highest BCUT2D eigenvalue weighted by molar-refractivity contribution is 7.09. The Bertz CT molecular complexity index is 968. The highest BCUT2D eigenvalue weighted by Crippen LogP contribution is 2.19. The van der Waals surface area contributed by atoms with E-state index in [9.17, 15) is 9.59 Å². The summed E-state index contributed by atoms with van der Waals surface area (Å²) in [6, 6.07) is 13.9. The van der Waals surface area contributed by atoms with Crippen molar-refractivity contribution in [3.63, 3.8) is 0 Å². The van der Waals surface area contributed by atoms with Crippen molar-refractivity contribution in [1.29, 1.82) is 0 Å². The molecule has 27 heavy (non-hydrogen) atoms. The van der Waals surface area contributed by atoms with E-state index in [-0.39, 0.29) is 12.5 Å². The van der Waals surface area contributed by atoms with Gasteiger partial charge in [-0.2, -0.15) is 0 Å². The van der Waals surface area contributed by atoms with E-state index < -0.39 is 5.91 Å². The summed E-state index contributed by atoms with van der Waals surface area (Å²) in [6.45, 7) is 2.53. The Morgan fingerprint density at radius 1 is 1.19 bits per heavy atom. The van der Waals surface area contributed by atoms with Crippen molar-refractivity contribution < 1.29 is 14.3 Å². The van der Waals surface area contributed by atoms with Crippen molar-refractivity contribution >= 4 is 23.2 Å². The lowest BCUT2D eigenvalue weighted by Crippen LogP contribution is -2.22. The first-order valence-electron chi connectivity index (χ1n) is 8.32. The Morgan fingerprint density at radius 3 is 2.74 bits per heavy atom. The summed E-state index contributed by atoms with van der Waals surface area (Å²) >= 11 is 1.52. The summed E-state index contributed by atoms with van der Waals surface area (Å²) in [6.07, 6.45) is 0. The first kappa shape index (κ1) is 18.6. The largest absolute Gasteiger partial charge is 0.488 e. The Kier molecular flexibility index (Phi) is 5.83. The highest BCUT2D eigenvalue weighted by atomic mass is 32.1. The first-order valence-corrected chi connectivity index (χ1v) is 9.20. The number of amides is 2. The zero-order chi connectivity index (χ0) is 19.2. The normalized spacial score (nSPS) is 10.4. The third kappa shape index (κ3) is 4.92. The van der Waals surface area contributed by atoms with Crippen molar-refractivity contribution in [1.82, 2.24) is 10.3 Å². The van der Waals surface area contributed by atoms with Crippen LogP contribution in [-0.4, -0.2) is 16.8 Å². The van der Waals surface area contributed by atoms with Gasteiger partial charge in [-0.1, -0.05) is 24.3 Å². The maximum atomic E-state index is 12.4. The number of thiazole rings is 1. The summed E-state index contributed by atoms with van der Waals surface area (Å²) < 4.78 is 5.71. The predicted octanol–water partition coefficient (Wildman–Crippen LogP) is 3.06. The van der Waals surface area contributed by atoms with Gasteiger partial charge in [0.25, 0.3) is 11.8 Å². The summed E-state index contributed by atoms with van der Waals surface area (Å²) in [5.41, 5.74) is 7.97. The molecule has 0 saturated heterocycles. The van der Waals surface area contributed by atoms with Crippen LogP contribution < -0.4 is 15.8 Å². The average molecular weight is 381 g/mol. The Morgan fingerprint density at radius 2 is 2.00 bits per heavy atom. The highest BCUT2D eigenvalue weighted by Gasteiger charge is 2.10. The number of ether oxygens (including phenoxy) is 1. The van der Waals surface area contributed by atoms with E-state index in [0.29, 0.717) is 23.4 Å². The van der Waals surface area contributed by atoms with Crippen LogP contribution in [0.5, 0.6) is 5.75 Å². The molecule has 7 heteroatoms. The van der Waals surface area contributed by atoms with E-state index in [4.69, 9.17) is 10.5 Å². The molecule has 0 aliphatic rings. The average Bonchev–Trinajstić information content (AvgIpc) is 3.10. The zero-order valence-corrected chi connectivity index (χ0v) is 15.6. The van der Waals surface area contributed by atoms with Crippen molar-refractivity contribution in [2.45, 2.75) is 20.1 Å². The summed E-state index contributed by atoms with van der Waals surface area (Å²) in [5, 5.41) is 5.67. The molecule has 1 aromatic heterocycles. The topological polar surface area (TPSA) is 94.3 Å². The van der Waals surface area contributed by atoms with E-state index in [1.807, 2.05) is 18.4 Å². The predicted molar refractivity (Wildman–Crippen MR) is 104 cm³/mol. The van der Waals surface area contributed by atoms with Crippen LogP contribution in [0, 0.1) is 6.92 Å². The van der Waals surface area contributed by atoms with E-state index in [0.717, 1.165) is 16.3 Å². The third-order valence-corrected chi connectivity index (χ3v) is 4.77. The van der Waals surface area contributed by atoms with Gasteiger partial charge in [-0.25, -0.2) is 4.98 Å². The van der Waals surface area contributed by atoms with Crippen LogP contribution >= 0.6 is 11.3 Å². The maximum Gasteiger partial charge on any atom is 0.252 e. The summed E-state index contributed by atoms with van der Waals surface area (Å²) in [4.78, 5) is 28.1. The molecule has 0 aliphatic carbocycles. The monoisotopic (exact) mass is 381 g/mol. The number of carbonyl (C=O) groups excluding carboxylic acids is 2. The number of hydrogen-bond acceptors (Lipinski definition) is 5. The van der Waals surface area contributed by atoms with Crippen molar-refractivity contribution in [3.05, 3.63) is 81.3 Å². The maximum absolute atomic E-state index is 12.4. The minimum atomic E-state index is -0.545. The molecule has 6 nitrogen and oxygen atoms in total. The number of aryl methyl sites for hydroxylation is 1. The Hall–Kier alpha value is -3.19. The van der Waals surface area contributed by atoms with E-state index in [2.05, 4.69) is 10.3 Å². The van der Waals surface area contributed by atoms with Crippen molar-refractivity contribution in [3.8, 4) is 5.75 Å². The van der Waals surface area contributed by atoms with Crippen LogP contribution in [0.15, 0.2) is 53.9 Å². The molecule has 0 saturated carbocycles. The summed E-state index contributed by atoms with van der Waals surface area (Å²) in [5.74, 6) is -0.308. The fourth-order valence-electron chi connectivity index (χ4n) is 2.50. The first-order chi connectivity index (χ1) is 13.0. The Labute approximate surface area is 161 Å². The molecule has 3 rings (SSSR count). The lowest BCUT2D eigenvalue weighted by molar-refractivity contribution is 0.0949. The third-order valence-electron chi connectivity index (χ3n) is 3.80. The standard InChI is InChI=1S/C20H19N3O3S/c1-13-12-27-18(23-13)10-22-20(25)15-6-4-5-14(9-15)11-26-17-8-3-2-7-16(17)19(21)24/h2-9,12H,10-11H2,1H3,(H2,21,24)(H,22,25). The zero-order valence-electron chi connectivity index (χ0n) is 14.8. The van der Waals surface area contributed by atoms with Gasteiger partial charge in [0.2, 0.25) is 0 Å².